The average molecular weight is 300 g/mol. The van der Waals surface area contributed by atoms with E-state index in [4.69, 9.17) is 4.42 Å². The SMILES string of the molecule is Cc1cc(C(=O)NNC(=O)C(C)(C)c2ccccc2)c(C)o1. The molecule has 0 saturated heterocycles. The van der Waals surface area contributed by atoms with Crippen molar-refractivity contribution >= 4 is 11.8 Å². The third kappa shape index (κ3) is 3.19. The molecule has 0 aliphatic heterocycles. The molecule has 5 heteroatoms. The topological polar surface area (TPSA) is 71.3 Å². The van der Waals surface area contributed by atoms with Gasteiger partial charge in [0.05, 0.1) is 11.0 Å². The van der Waals surface area contributed by atoms with Gasteiger partial charge in [-0.15, -0.1) is 0 Å². The summed E-state index contributed by atoms with van der Waals surface area (Å²) in [6.45, 7) is 7.08. The highest BCUT2D eigenvalue weighted by molar-refractivity contribution is 5.97. The van der Waals surface area contributed by atoms with Gasteiger partial charge in [-0.3, -0.25) is 20.4 Å². The molecule has 2 amide bonds. The number of aryl methyl sites for hydroxylation is 2. The molecule has 0 atom stereocenters. The Kier molecular flexibility index (Phi) is 4.35. The molecular formula is C17H20N2O3. The van der Waals surface area contributed by atoms with Gasteiger partial charge in [-0.05, 0) is 39.3 Å². The zero-order valence-corrected chi connectivity index (χ0v) is 13.2. The molecule has 22 heavy (non-hydrogen) atoms. The van der Waals surface area contributed by atoms with Crippen LogP contribution in [0.1, 0.15) is 41.3 Å². The number of hydrazine groups is 1. The molecule has 1 heterocycles. The van der Waals surface area contributed by atoms with Crippen LogP contribution in [0.15, 0.2) is 40.8 Å². The molecule has 2 rings (SSSR count). The smallest absolute Gasteiger partial charge is 0.273 e. The number of rotatable bonds is 3. The highest BCUT2D eigenvalue weighted by Gasteiger charge is 2.30. The fourth-order valence-electron chi connectivity index (χ4n) is 2.18. The lowest BCUT2D eigenvalue weighted by Gasteiger charge is -2.24. The first-order valence-electron chi connectivity index (χ1n) is 7.05. The van der Waals surface area contributed by atoms with Crippen LogP contribution in [-0.2, 0) is 10.2 Å². The van der Waals surface area contributed by atoms with Crippen LogP contribution < -0.4 is 10.9 Å². The van der Waals surface area contributed by atoms with Crippen molar-refractivity contribution < 1.29 is 14.0 Å². The largest absolute Gasteiger partial charge is 0.466 e. The normalized spacial score (nSPS) is 11.1. The quantitative estimate of drug-likeness (QED) is 0.856. The van der Waals surface area contributed by atoms with E-state index in [0.717, 1.165) is 5.56 Å². The van der Waals surface area contributed by atoms with Crippen molar-refractivity contribution in [1.29, 1.82) is 0 Å². The number of carbonyl (C=O) groups is 2. The molecule has 1 aromatic heterocycles. The van der Waals surface area contributed by atoms with Gasteiger partial charge in [0.2, 0.25) is 5.91 Å². The van der Waals surface area contributed by atoms with Crippen molar-refractivity contribution in [2.75, 3.05) is 0 Å². The van der Waals surface area contributed by atoms with E-state index in [1.54, 1.807) is 33.8 Å². The molecular weight excluding hydrogens is 280 g/mol. The molecule has 0 fully saturated rings. The standard InChI is InChI=1S/C17H20N2O3/c1-11-10-14(12(2)22-11)15(20)18-19-16(21)17(3,4)13-8-6-5-7-9-13/h5-10H,1-4H3,(H,18,20)(H,19,21). The van der Waals surface area contributed by atoms with Gasteiger partial charge < -0.3 is 4.42 Å². The van der Waals surface area contributed by atoms with Crippen molar-refractivity contribution in [1.82, 2.24) is 10.9 Å². The van der Waals surface area contributed by atoms with Gasteiger partial charge in [-0.1, -0.05) is 30.3 Å². The van der Waals surface area contributed by atoms with Crippen LogP contribution in [-0.4, -0.2) is 11.8 Å². The Morgan fingerprint density at radius 2 is 1.68 bits per heavy atom. The summed E-state index contributed by atoms with van der Waals surface area (Å²) in [6, 6.07) is 11.0. The summed E-state index contributed by atoms with van der Waals surface area (Å²) in [5.74, 6) is 0.488. The van der Waals surface area contributed by atoms with Crippen molar-refractivity contribution in [3.8, 4) is 0 Å². The number of hydrogen-bond donors (Lipinski definition) is 2. The van der Waals surface area contributed by atoms with Crippen LogP contribution in [0.3, 0.4) is 0 Å². The van der Waals surface area contributed by atoms with Crippen LogP contribution in [0.4, 0.5) is 0 Å². The number of amides is 2. The summed E-state index contributed by atoms with van der Waals surface area (Å²) in [5, 5.41) is 0. The molecule has 116 valence electrons. The zero-order valence-electron chi connectivity index (χ0n) is 13.2. The molecule has 0 radical (unpaired) electrons. The lowest BCUT2D eigenvalue weighted by Crippen LogP contribution is -2.49. The van der Waals surface area contributed by atoms with Gasteiger partial charge in [-0.2, -0.15) is 0 Å². The molecule has 0 aliphatic carbocycles. The minimum Gasteiger partial charge on any atom is -0.466 e. The Balaban J connectivity index is 2.04. The highest BCUT2D eigenvalue weighted by Crippen LogP contribution is 2.22. The predicted molar refractivity (Wildman–Crippen MR) is 83.3 cm³/mol. The van der Waals surface area contributed by atoms with Crippen LogP contribution in [0.25, 0.3) is 0 Å². The van der Waals surface area contributed by atoms with E-state index in [-0.39, 0.29) is 5.91 Å². The van der Waals surface area contributed by atoms with E-state index in [1.807, 2.05) is 30.3 Å². The molecule has 0 unspecified atom stereocenters. The van der Waals surface area contributed by atoms with Gasteiger partial charge in [0.25, 0.3) is 5.91 Å². The third-order valence-corrected chi connectivity index (χ3v) is 3.64. The van der Waals surface area contributed by atoms with E-state index in [2.05, 4.69) is 10.9 Å². The Hall–Kier alpha value is -2.56. The monoisotopic (exact) mass is 300 g/mol. The summed E-state index contributed by atoms with van der Waals surface area (Å²) >= 11 is 0. The first-order chi connectivity index (χ1) is 10.3. The summed E-state index contributed by atoms with van der Waals surface area (Å²) in [6.07, 6.45) is 0. The van der Waals surface area contributed by atoms with Gasteiger partial charge in [0.1, 0.15) is 11.5 Å². The highest BCUT2D eigenvalue weighted by atomic mass is 16.3. The minimum atomic E-state index is -0.754. The lowest BCUT2D eigenvalue weighted by atomic mass is 9.84. The minimum absolute atomic E-state index is 0.287. The fraction of sp³-hybridized carbons (Fsp3) is 0.294. The summed E-state index contributed by atoms with van der Waals surface area (Å²) in [5.41, 5.74) is 5.44. The first kappa shape index (κ1) is 15.8. The molecule has 0 aliphatic rings. The van der Waals surface area contributed by atoms with E-state index in [9.17, 15) is 9.59 Å². The van der Waals surface area contributed by atoms with Gasteiger partial charge in [0, 0.05) is 0 Å². The van der Waals surface area contributed by atoms with E-state index < -0.39 is 11.3 Å². The summed E-state index contributed by atoms with van der Waals surface area (Å²) < 4.78 is 5.31. The number of hydrogen-bond acceptors (Lipinski definition) is 3. The Morgan fingerprint density at radius 3 is 2.23 bits per heavy atom. The second-order valence-corrected chi connectivity index (χ2v) is 5.73. The van der Waals surface area contributed by atoms with Crippen LogP contribution in [0.5, 0.6) is 0 Å². The predicted octanol–water partition coefficient (Wildman–Crippen LogP) is 2.64. The molecule has 0 bridgehead atoms. The van der Waals surface area contributed by atoms with Crippen molar-refractivity contribution in [2.45, 2.75) is 33.1 Å². The zero-order chi connectivity index (χ0) is 16.3. The van der Waals surface area contributed by atoms with Crippen LogP contribution in [0.2, 0.25) is 0 Å². The summed E-state index contributed by atoms with van der Waals surface area (Å²) in [7, 11) is 0. The number of furan rings is 1. The molecule has 2 N–H and O–H groups in total. The maximum Gasteiger partial charge on any atom is 0.273 e. The maximum absolute atomic E-state index is 12.3. The van der Waals surface area contributed by atoms with Crippen molar-refractivity contribution in [3.05, 3.63) is 59.0 Å². The van der Waals surface area contributed by atoms with Gasteiger partial charge in [0.15, 0.2) is 0 Å². The Labute approximate surface area is 129 Å². The average Bonchev–Trinajstić information content (AvgIpc) is 2.84. The van der Waals surface area contributed by atoms with E-state index in [1.165, 1.54) is 0 Å². The number of nitrogens with one attached hydrogen (secondary N) is 2. The van der Waals surface area contributed by atoms with Crippen LogP contribution >= 0.6 is 0 Å². The number of benzene rings is 1. The van der Waals surface area contributed by atoms with Crippen LogP contribution in [0, 0.1) is 13.8 Å². The van der Waals surface area contributed by atoms with E-state index >= 15 is 0 Å². The molecule has 5 nitrogen and oxygen atoms in total. The second-order valence-electron chi connectivity index (χ2n) is 5.73. The fourth-order valence-corrected chi connectivity index (χ4v) is 2.18. The second kappa shape index (κ2) is 6.05. The Morgan fingerprint density at radius 1 is 1.05 bits per heavy atom. The molecule has 1 aromatic carbocycles. The third-order valence-electron chi connectivity index (χ3n) is 3.64. The molecule has 2 aromatic rings. The van der Waals surface area contributed by atoms with E-state index in [0.29, 0.717) is 17.1 Å². The van der Waals surface area contributed by atoms with Crippen molar-refractivity contribution in [3.63, 3.8) is 0 Å². The Bertz CT molecular complexity index is 687. The maximum atomic E-state index is 12.3. The summed E-state index contributed by atoms with van der Waals surface area (Å²) in [4.78, 5) is 24.4. The number of carbonyl (C=O) groups excluding carboxylic acids is 2. The first-order valence-corrected chi connectivity index (χ1v) is 7.05. The van der Waals surface area contributed by atoms with Gasteiger partial charge >= 0.3 is 0 Å². The lowest BCUT2D eigenvalue weighted by molar-refractivity contribution is -0.126. The van der Waals surface area contributed by atoms with Gasteiger partial charge in [-0.25, -0.2) is 0 Å². The van der Waals surface area contributed by atoms with Crippen molar-refractivity contribution in [2.24, 2.45) is 0 Å². The molecule has 0 spiro atoms. The molecule has 0 saturated carbocycles.